The second-order valence-electron chi connectivity index (χ2n) is 5.97. The third-order valence-electron chi connectivity index (χ3n) is 3.81. The molecule has 1 fully saturated rings. The van der Waals surface area contributed by atoms with Crippen molar-refractivity contribution in [2.45, 2.75) is 37.0 Å². The highest BCUT2D eigenvalue weighted by molar-refractivity contribution is 7.85. The molecule has 16 heteroatoms. The Morgan fingerprint density at radius 3 is 2.59 bits per heavy atom. The lowest BCUT2D eigenvalue weighted by molar-refractivity contribution is -0.139. The number of ether oxygens (including phenoxy) is 1. The second-order valence-corrected chi connectivity index (χ2v) is 7.32. The highest BCUT2D eigenvalue weighted by Crippen LogP contribution is 2.28. The van der Waals surface area contributed by atoms with Crippen LogP contribution in [0, 0.1) is 0 Å². The van der Waals surface area contributed by atoms with Crippen molar-refractivity contribution in [1.29, 1.82) is 0 Å². The Morgan fingerprint density at radius 1 is 1.34 bits per heavy atom. The van der Waals surface area contributed by atoms with Crippen LogP contribution in [0.1, 0.15) is 12.6 Å². The van der Waals surface area contributed by atoms with Gasteiger partial charge < -0.3 is 25.8 Å². The van der Waals surface area contributed by atoms with Gasteiger partial charge in [0.25, 0.3) is 11.5 Å². The number of amides is 1. The molecule has 0 saturated carbocycles. The van der Waals surface area contributed by atoms with Crippen LogP contribution in [0.25, 0.3) is 0 Å². The lowest BCUT2D eigenvalue weighted by atomic mass is 10.1. The minimum atomic E-state index is -4.75. The first-order valence-corrected chi connectivity index (χ1v) is 9.33. The van der Waals surface area contributed by atoms with Crippen LogP contribution in [0.2, 0.25) is 0 Å². The van der Waals surface area contributed by atoms with Crippen LogP contribution in [0.3, 0.4) is 0 Å². The van der Waals surface area contributed by atoms with E-state index >= 15 is 0 Å². The van der Waals surface area contributed by atoms with E-state index in [1.54, 1.807) is 0 Å². The largest absolute Gasteiger partial charge is 0.481 e. The highest BCUT2D eigenvalue weighted by atomic mass is 32.2. The van der Waals surface area contributed by atoms with Crippen LogP contribution in [0.5, 0.6) is 0 Å². The molecular weight excluding hydrogens is 420 g/mol. The van der Waals surface area contributed by atoms with E-state index in [4.69, 9.17) is 15.6 Å². The van der Waals surface area contributed by atoms with Gasteiger partial charge in [0.15, 0.2) is 6.23 Å². The van der Waals surface area contributed by atoms with Gasteiger partial charge in [0.2, 0.25) is 0 Å². The van der Waals surface area contributed by atoms with Crippen molar-refractivity contribution in [2.75, 3.05) is 6.61 Å². The number of nitrogens with one attached hydrogen (secondary N) is 2. The number of rotatable bonds is 8. The molecule has 1 aliphatic heterocycles. The number of aliphatic hydroxyl groups is 2. The molecule has 1 saturated heterocycles. The summed E-state index contributed by atoms with van der Waals surface area (Å²) in [6, 6.07) is -0.689. The number of hydrogen-bond acceptors (Lipinski definition) is 11. The number of carbonyl (C=O) groups excluding carboxylic acids is 1. The maximum Gasteiger partial charge on any atom is 0.362 e. The number of hydrogen-bond donors (Lipinski definition) is 6. The number of nitrogens with zero attached hydrogens (tertiary/aromatic N) is 1. The van der Waals surface area contributed by atoms with E-state index in [2.05, 4.69) is 4.18 Å². The minimum Gasteiger partial charge on any atom is -0.481 e. The van der Waals surface area contributed by atoms with Crippen molar-refractivity contribution in [3.63, 3.8) is 0 Å². The fourth-order valence-corrected chi connectivity index (χ4v) is 3.16. The number of carboxylic acid groups (broad SMARTS) is 1. The zero-order valence-electron chi connectivity index (χ0n) is 14.5. The third kappa shape index (κ3) is 5.68. The van der Waals surface area contributed by atoms with Gasteiger partial charge in [-0.05, 0) is 0 Å². The van der Waals surface area contributed by atoms with Gasteiger partial charge in [-0.15, -0.1) is 0 Å². The van der Waals surface area contributed by atoms with Crippen LogP contribution < -0.4 is 21.7 Å². The molecule has 1 aliphatic rings. The Balaban J connectivity index is 2.01. The molecule has 0 aliphatic carbocycles. The average Bonchev–Trinajstić information content (AvgIpc) is 2.87. The summed E-state index contributed by atoms with van der Waals surface area (Å²) < 4.78 is 35.4. The number of carbonyl (C=O) groups is 2. The molecule has 0 spiro atoms. The molecule has 7 N–H and O–H groups in total. The van der Waals surface area contributed by atoms with Gasteiger partial charge in [0.1, 0.15) is 18.3 Å². The maximum atomic E-state index is 11.8. The number of aromatic amines is 1. The van der Waals surface area contributed by atoms with Crippen LogP contribution in [0.4, 0.5) is 0 Å². The molecule has 5 atom stereocenters. The number of carboxylic acids is 1. The summed E-state index contributed by atoms with van der Waals surface area (Å²) in [6.07, 6.45) is -6.07. The standard InChI is InChI=1S/C13H18N4O11S/c14-5(3-8(19)20)11(23)16-29(25,26)27-4-6-9(21)10(22)12(28-6)17-2-1-7(18)15-13(17)24/h1-2,5-6,9-10,12,21-22H,3-4,14H2,(H,16,23)(H,19,20)(H,15,18,24)/t5-,6+,9+,10+,12+/m0/s1. The fraction of sp³-hybridized carbons (Fsp3) is 0.538. The van der Waals surface area contributed by atoms with E-state index in [0.29, 0.717) is 0 Å². The van der Waals surface area contributed by atoms with E-state index in [1.165, 1.54) is 4.72 Å². The van der Waals surface area contributed by atoms with Crippen LogP contribution in [0.15, 0.2) is 21.9 Å². The normalized spacial score (nSPS) is 25.5. The van der Waals surface area contributed by atoms with E-state index in [1.807, 2.05) is 4.98 Å². The zero-order chi connectivity index (χ0) is 21.9. The van der Waals surface area contributed by atoms with Crippen LogP contribution >= 0.6 is 0 Å². The molecule has 0 radical (unpaired) electrons. The molecule has 0 aromatic carbocycles. The van der Waals surface area contributed by atoms with Crippen molar-refractivity contribution < 1.29 is 42.2 Å². The van der Waals surface area contributed by atoms with E-state index < -0.39 is 77.0 Å². The number of aliphatic hydroxyl groups excluding tert-OH is 2. The summed E-state index contributed by atoms with van der Waals surface area (Å²) in [4.78, 5) is 46.8. The Labute approximate surface area is 161 Å². The summed E-state index contributed by atoms with van der Waals surface area (Å²) in [5.74, 6) is -2.76. The van der Waals surface area contributed by atoms with Crippen LogP contribution in [-0.2, 0) is 28.8 Å². The predicted molar refractivity (Wildman–Crippen MR) is 90.5 cm³/mol. The molecule has 2 rings (SSSR count). The molecule has 0 bridgehead atoms. The smallest absolute Gasteiger partial charge is 0.362 e. The third-order valence-corrected chi connectivity index (χ3v) is 4.70. The molecule has 0 unspecified atom stereocenters. The summed E-state index contributed by atoms with van der Waals surface area (Å²) >= 11 is 0. The van der Waals surface area contributed by atoms with E-state index in [-0.39, 0.29) is 0 Å². The molecule has 162 valence electrons. The number of aromatic nitrogens is 2. The van der Waals surface area contributed by atoms with Crippen molar-refractivity contribution in [3.8, 4) is 0 Å². The first-order valence-electron chi connectivity index (χ1n) is 7.92. The molecule has 2 heterocycles. The summed E-state index contributed by atoms with van der Waals surface area (Å²) in [5, 5.41) is 28.6. The van der Waals surface area contributed by atoms with Gasteiger partial charge in [0, 0.05) is 12.3 Å². The molecule has 1 amide bonds. The predicted octanol–water partition coefficient (Wildman–Crippen LogP) is -4.66. The van der Waals surface area contributed by atoms with Crippen molar-refractivity contribution >= 4 is 22.2 Å². The molecular formula is C13H18N4O11S. The Morgan fingerprint density at radius 2 is 2.00 bits per heavy atom. The Kier molecular flexibility index (Phi) is 6.88. The average molecular weight is 438 g/mol. The summed E-state index contributed by atoms with van der Waals surface area (Å²) in [5.41, 5.74) is 3.57. The molecule has 29 heavy (non-hydrogen) atoms. The Bertz CT molecular complexity index is 987. The van der Waals surface area contributed by atoms with Gasteiger partial charge in [-0.3, -0.25) is 28.1 Å². The van der Waals surface area contributed by atoms with Gasteiger partial charge in [-0.25, -0.2) is 9.52 Å². The van der Waals surface area contributed by atoms with Gasteiger partial charge >= 0.3 is 22.0 Å². The van der Waals surface area contributed by atoms with Gasteiger partial charge in [-0.1, -0.05) is 0 Å². The second kappa shape index (κ2) is 8.80. The molecule has 1 aromatic heterocycles. The van der Waals surface area contributed by atoms with E-state index in [9.17, 15) is 37.8 Å². The van der Waals surface area contributed by atoms with Crippen molar-refractivity contribution in [1.82, 2.24) is 14.3 Å². The van der Waals surface area contributed by atoms with E-state index in [0.717, 1.165) is 16.8 Å². The summed E-state index contributed by atoms with van der Waals surface area (Å²) in [7, 11) is -4.75. The first kappa shape index (κ1) is 22.7. The fourth-order valence-electron chi connectivity index (χ4n) is 2.39. The first-order chi connectivity index (χ1) is 13.4. The summed E-state index contributed by atoms with van der Waals surface area (Å²) in [6.45, 7) is -0.871. The lowest BCUT2D eigenvalue weighted by Gasteiger charge is -2.16. The van der Waals surface area contributed by atoms with Gasteiger partial charge in [-0.2, -0.15) is 8.42 Å². The SMILES string of the molecule is N[C@@H](CC(=O)O)C(=O)NS(=O)(=O)OC[C@H]1O[C@@H](n2ccc(=O)[nH]c2=O)[C@H](O)[C@@H]1O. The topological polar surface area (TPSA) is 240 Å². The number of aliphatic carboxylic acids is 1. The van der Waals surface area contributed by atoms with Crippen molar-refractivity contribution in [3.05, 3.63) is 33.1 Å². The zero-order valence-corrected chi connectivity index (χ0v) is 15.3. The number of H-pyrrole nitrogens is 1. The highest BCUT2D eigenvalue weighted by Gasteiger charge is 2.44. The molecule has 1 aromatic rings. The number of nitrogens with two attached hydrogens (primary N) is 1. The van der Waals surface area contributed by atoms with Crippen molar-refractivity contribution in [2.24, 2.45) is 5.73 Å². The maximum absolute atomic E-state index is 11.8. The van der Waals surface area contributed by atoms with Gasteiger partial charge in [0.05, 0.1) is 19.1 Å². The lowest BCUT2D eigenvalue weighted by Crippen LogP contribution is -2.45. The monoisotopic (exact) mass is 438 g/mol. The Hall–Kier alpha value is -2.63. The quantitative estimate of drug-likeness (QED) is 0.224. The minimum absolute atomic E-state index is 0.706. The molecule has 15 nitrogen and oxygen atoms in total. The van der Waals surface area contributed by atoms with Crippen LogP contribution in [-0.4, -0.2) is 76.1 Å².